The number of pyridine rings is 1. The van der Waals surface area contributed by atoms with Crippen LogP contribution in [0.5, 0.6) is 0 Å². The van der Waals surface area contributed by atoms with E-state index in [4.69, 9.17) is 0 Å². The Bertz CT molecular complexity index is 364. The molecule has 1 aliphatic rings. The molecule has 2 heterocycles. The van der Waals surface area contributed by atoms with Gasteiger partial charge in [0, 0.05) is 36.0 Å². The lowest BCUT2D eigenvalue weighted by atomic mass is 10.1. The Morgan fingerprint density at radius 2 is 2.11 bits per heavy atom. The van der Waals surface area contributed by atoms with Crippen LogP contribution in [0.15, 0.2) is 22.9 Å². The zero-order chi connectivity index (χ0) is 12.8. The van der Waals surface area contributed by atoms with Gasteiger partial charge in [-0.3, -0.25) is 4.98 Å². The molecule has 1 atom stereocenters. The minimum Gasteiger partial charge on any atom is -0.309 e. The molecule has 100 valence electrons. The van der Waals surface area contributed by atoms with E-state index in [1.165, 1.54) is 37.9 Å². The van der Waals surface area contributed by atoms with Gasteiger partial charge < -0.3 is 10.2 Å². The van der Waals surface area contributed by atoms with Crippen molar-refractivity contribution in [2.45, 2.75) is 38.8 Å². The zero-order valence-corrected chi connectivity index (χ0v) is 12.6. The van der Waals surface area contributed by atoms with Crippen LogP contribution in [0.4, 0.5) is 0 Å². The SMILES string of the molecule is CC(CN1CCCCC1)NCc1cncc(Br)c1. The Balaban J connectivity index is 1.72. The highest BCUT2D eigenvalue weighted by molar-refractivity contribution is 9.10. The third-order valence-electron chi connectivity index (χ3n) is 3.40. The molecule has 0 amide bonds. The van der Waals surface area contributed by atoms with Gasteiger partial charge in [-0.25, -0.2) is 0 Å². The molecule has 0 bridgehead atoms. The van der Waals surface area contributed by atoms with E-state index in [0.717, 1.165) is 17.6 Å². The summed E-state index contributed by atoms with van der Waals surface area (Å²) in [5.41, 5.74) is 1.23. The predicted octanol–water partition coefficient (Wildman–Crippen LogP) is 2.81. The average Bonchev–Trinajstić information content (AvgIpc) is 2.38. The summed E-state index contributed by atoms with van der Waals surface area (Å²) in [6.45, 7) is 6.85. The molecule has 0 saturated carbocycles. The van der Waals surface area contributed by atoms with Crippen LogP contribution in [0.2, 0.25) is 0 Å². The van der Waals surface area contributed by atoms with Crippen molar-refractivity contribution in [3.8, 4) is 0 Å². The molecule has 0 aromatic carbocycles. The molecule has 18 heavy (non-hydrogen) atoms. The third kappa shape index (κ3) is 4.67. The van der Waals surface area contributed by atoms with E-state index < -0.39 is 0 Å². The van der Waals surface area contributed by atoms with Gasteiger partial charge in [-0.05, 0) is 60.4 Å². The minimum absolute atomic E-state index is 0.530. The number of halogens is 1. The van der Waals surface area contributed by atoms with Gasteiger partial charge in [-0.2, -0.15) is 0 Å². The number of aromatic nitrogens is 1. The maximum absolute atomic E-state index is 4.18. The van der Waals surface area contributed by atoms with Crippen LogP contribution < -0.4 is 5.32 Å². The second-order valence-electron chi connectivity index (χ2n) is 5.15. The molecule has 1 aromatic heterocycles. The minimum atomic E-state index is 0.530. The molecule has 1 saturated heterocycles. The molecule has 1 aliphatic heterocycles. The lowest BCUT2D eigenvalue weighted by molar-refractivity contribution is 0.209. The van der Waals surface area contributed by atoms with Crippen LogP contribution in [0.3, 0.4) is 0 Å². The van der Waals surface area contributed by atoms with Crippen molar-refractivity contribution in [1.82, 2.24) is 15.2 Å². The second kappa shape index (κ2) is 7.22. The summed E-state index contributed by atoms with van der Waals surface area (Å²) >= 11 is 3.45. The zero-order valence-electron chi connectivity index (χ0n) is 11.0. The van der Waals surface area contributed by atoms with E-state index in [1.54, 1.807) is 0 Å². The Morgan fingerprint density at radius 1 is 1.33 bits per heavy atom. The van der Waals surface area contributed by atoms with Crippen molar-refractivity contribution >= 4 is 15.9 Å². The molecular formula is C14H22BrN3. The largest absolute Gasteiger partial charge is 0.309 e. The summed E-state index contributed by atoms with van der Waals surface area (Å²) in [5.74, 6) is 0. The molecule has 1 N–H and O–H groups in total. The van der Waals surface area contributed by atoms with Gasteiger partial charge in [0.1, 0.15) is 0 Å². The van der Waals surface area contributed by atoms with Crippen molar-refractivity contribution in [2.24, 2.45) is 0 Å². The maximum Gasteiger partial charge on any atom is 0.0410 e. The number of piperidine rings is 1. The smallest absolute Gasteiger partial charge is 0.0410 e. The lowest BCUT2D eigenvalue weighted by Gasteiger charge is -2.29. The molecule has 4 heteroatoms. The molecule has 3 nitrogen and oxygen atoms in total. The first kappa shape index (κ1) is 14.0. The number of hydrogen-bond acceptors (Lipinski definition) is 3. The molecule has 1 fully saturated rings. The Labute approximate surface area is 118 Å². The standard InChI is InChI=1S/C14H22BrN3/c1-12(11-18-5-3-2-4-6-18)17-9-13-7-14(15)10-16-8-13/h7-8,10,12,17H,2-6,9,11H2,1H3. The van der Waals surface area contributed by atoms with Crippen LogP contribution in [-0.2, 0) is 6.54 Å². The summed E-state index contributed by atoms with van der Waals surface area (Å²) in [4.78, 5) is 6.75. The normalized spacial score (nSPS) is 18.8. The van der Waals surface area contributed by atoms with Crippen LogP contribution in [-0.4, -0.2) is 35.6 Å². The molecule has 0 aliphatic carbocycles. The molecule has 0 spiro atoms. The molecule has 2 rings (SSSR count). The Kier molecular flexibility index (Phi) is 5.60. The van der Waals surface area contributed by atoms with E-state index >= 15 is 0 Å². The van der Waals surface area contributed by atoms with Gasteiger partial charge in [0.25, 0.3) is 0 Å². The van der Waals surface area contributed by atoms with E-state index in [2.05, 4.69) is 44.1 Å². The van der Waals surface area contributed by atoms with Gasteiger partial charge in [-0.1, -0.05) is 6.42 Å². The Morgan fingerprint density at radius 3 is 2.83 bits per heavy atom. The monoisotopic (exact) mass is 311 g/mol. The summed E-state index contributed by atoms with van der Waals surface area (Å²) in [6.07, 6.45) is 7.87. The summed E-state index contributed by atoms with van der Waals surface area (Å²) in [5, 5.41) is 3.57. The van der Waals surface area contributed by atoms with Gasteiger partial charge >= 0.3 is 0 Å². The predicted molar refractivity (Wildman–Crippen MR) is 78.5 cm³/mol. The topological polar surface area (TPSA) is 28.2 Å². The lowest BCUT2D eigenvalue weighted by Crippen LogP contribution is -2.41. The van der Waals surface area contributed by atoms with E-state index in [1.807, 2.05) is 12.4 Å². The highest BCUT2D eigenvalue weighted by atomic mass is 79.9. The van der Waals surface area contributed by atoms with Crippen molar-refractivity contribution in [3.63, 3.8) is 0 Å². The quantitative estimate of drug-likeness (QED) is 0.906. The molecule has 0 radical (unpaired) electrons. The van der Waals surface area contributed by atoms with Crippen molar-refractivity contribution in [3.05, 3.63) is 28.5 Å². The molecular weight excluding hydrogens is 290 g/mol. The third-order valence-corrected chi connectivity index (χ3v) is 3.83. The van der Waals surface area contributed by atoms with Crippen molar-refractivity contribution in [2.75, 3.05) is 19.6 Å². The highest BCUT2D eigenvalue weighted by Crippen LogP contribution is 2.11. The van der Waals surface area contributed by atoms with E-state index in [9.17, 15) is 0 Å². The van der Waals surface area contributed by atoms with Crippen LogP contribution in [0, 0.1) is 0 Å². The number of hydrogen-bond donors (Lipinski definition) is 1. The second-order valence-corrected chi connectivity index (χ2v) is 6.07. The van der Waals surface area contributed by atoms with Crippen molar-refractivity contribution in [1.29, 1.82) is 0 Å². The van der Waals surface area contributed by atoms with Gasteiger partial charge in [-0.15, -0.1) is 0 Å². The fraction of sp³-hybridized carbons (Fsp3) is 0.643. The maximum atomic E-state index is 4.18. The Hall–Kier alpha value is -0.450. The fourth-order valence-corrected chi connectivity index (χ4v) is 2.85. The summed E-state index contributed by atoms with van der Waals surface area (Å²) < 4.78 is 1.05. The van der Waals surface area contributed by atoms with Gasteiger partial charge in [0.2, 0.25) is 0 Å². The summed E-state index contributed by atoms with van der Waals surface area (Å²) in [6, 6.07) is 2.65. The molecule has 1 aromatic rings. The molecule has 1 unspecified atom stereocenters. The van der Waals surface area contributed by atoms with Crippen molar-refractivity contribution < 1.29 is 0 Å². The summed E-state index contributed by atoms with van der Waals surface area (Å²) in [7, 11) is 0. The number of nitrogens with zero attached hydrogens (tertiary/aromatic N) is 2. The number of nitrogens with one attached hydrogen (secondary N) is 1. The van der Waals surface area contributed by atoms with Crippen LogP contribution in [0.1, 0.15) is 31.7 Å². The first-order valence-corrected chi connectivity index (χ1v) is 7.58. The first-order chi connectivity index (χ1) is 8.74. The van der Waals surface area contributed by atoms with E-state index in [-0.39, 0.29) is 0 Å². The van der Waals surface area contributed by atoms with E-state index in [0.29, 0.717) is 6.04 Å². The number of likely N-dealkylation sites (tertiary alicyclic amines) is 1. The van der Waals surface area contributed by atoms with Gasteiger partial charge in [0.05, 0.1) is 0 Å². The van der Waals surface area contributed by atoms with Crippen LogP contribution >= 0.6 is 15.9 Å². The van der Waals surface area contributed by atoms with Gasteiger partial charge in [0.15, 0.2) is 0 Å². The fourth-order valence-electron chi connectivity index (χ4n) is 2.44. The van der Waals surface area contributed by atoms with Crippen LogP contribution in [0.25, 0.3) is 0 Å². The average molecular weight is 312 g/mol. The highest BCUT2D eigenvalue weighted by Gasteiger charge is 2.12. The first-order valence-electron chi connectivity index (χ1n) is 6.79. The number of rotatable bonds is 5.